The fourth-order valence-corrected chi connectivity index (χ4v) is 2.64. The Balaban J connectivity index is 1.82. The van der Waals surface area contributed by atoms with Gasteiger partial charge in [-0.1, -0.05) is 26.0 Å². The maximum atomic E-state index is 13.2. The second-order valence-electron chi connectivity index (χ2n) is 5.33. The van der Waals surface area contributed by atoms with Gasteiger partial charge < -0.3 is 5.32 Å². The van der Waals surface area contributed by atoms with Crippen LogP contribution in [0.25, 0.3) is 0 Å². The van der Waals surface area contributed by atoms with E-state index in [4.69, 9.17) is 0 Å². The van der Waals surface area contributed by atoms with E-state index in [1.807, 2.05) is 6.07 Å². The van der Waals surface area contributed by atoms with Crippen LogP contribution in [-0.4, -0.2) is 30.6 Å². The molecule has 1 atom stereocenters. The summed E-state index contributed by atoms with van der Waals surface area (Å²) in [4.78, 5) is 2.53. The molecular formula is C16H25FN2. The minimum atomic E-state index is -0.147. The van der Waals surface area contributed by atoms with Gasteiger partial charge in [0.25, 0.3) is 0 Å². The molecule has 1 aromatic rings. The molecule has 19 heavy (non-hydrogen) atoms. The number of nitrogens with one attached hydrogen (secondary N) is 1. The van der Waals surface area contributed by atoms with E-state index in [2.05, 4.69) is 24.1 Å². The first-order valence-electron chi connectivity index (χ1n) is 7.47. The van der Waals surface area contributed by atoms with E-state index in [-0.39, 0.29) is 11.9 Å². The van der Waals surface area contributed by atoms with E-state index in [0.717, 1.165) is 37.7 Å². The van der Waals surface area contributed by atoms with Gasteiger partial charge in [0, 0.05) is 25.2 Å². The van der Waals surface area contributed by atoms with Crippen LogP contribution in [0.2, 0.25) is 0 Å². The minimum Gasteiger partial charge on any atom is -0.309 e. The smallest absolute Gasteiger partial charge is 0.123 e. The van der Waals surface area contributed by atoms with E-state index in [1.54, 1.807) is 12.1 Å². The Morgan fingerprint density at radius 2 is 2.16 bits per heavy atom. The Hall–Kier alpha value is -0.930. The van der Waals surface area contributed by atoms with Gasteiger partial charge in [-0.3, -0.25) is 4.90 Å². The van der Waals surface area contributed by atoms with Crippen molar-refractivity contribution >= 4 is 0 Å². The summed E-state index contributed by atoms with van der Waals surface area (Å²) < 4.78 is 13.2. The van der Waals surface area contributed by atoms with Crippen molar-refractivity contribution in [3.63, 3.8) is 0 Å². The lowest BCUT2D eigenvalue weighted by atomic mass is 10.0. The fraction of sp³-hybridized carbons (Fsp3) is 0.625. The maximum absolute atomic E-state index is 13.2. The Labute approximate surface area is 116 Å². The quantitative estimate of drug-likeness (QED) is 0.774. The minimum absolute atomic E-state index is 0.147. The molecule has 1 fully saturated rings. The third-order valence-corrected chi connectivity index (χ3v) is 3.92. The van der Waals surface area contributed by atoms with Crippen molar-refractivity contribution in [1.82, 2.24) is 10.2 Å². The lowest BCUT2D eigenvalue weighted by Gasteiger charge is -2.23. The van der Waals surface area contributed by atoms with Crippen LogP contribution < -0.4 is 5.32 Å². The first kappa shape index (κ1) is 14.5. The zero-order valence-electron chi connectivity index (χ0n) is 12.0. The Bertz CT molecular complexity index is 390. The molecule has 0 aromatic heterocycles. The first-order chi connectivity index (χ1) is 9.24. The van der Waals surface area contributed by atoms with E-state index in [0.29, 0.717) is 0 Å². The van der Waals surface area contributed by atoms with Crippen molar-refractivity contribution in [2.75, 3.05) is 19.6 Å². The standard InChI is InChI=1S/C16H25FN2/c1-3-16(13-6-5-7-14(17)12-13)18-10-11-19(4-2)15-8-9-15/h5-7,12,15-16,18H,3-4,8-11H2,1-2H3. The SMILES string of the molecule is CCC(NCCN(CC)C1CC1)c1cccc(F)c1. The van der Waals surface area contributed by atoms with Gasteiger partial charge in [-0.15, -0.1) is 0 Å². The molecule has 3 heteroatoms. The van der Waals surface area contributed by atoms with E-state index >= 15 is 0 Å². The molecule has 1 N–H and O–H groups in total. The van der Waals surface area contributed by atoms with Crippen LogP contribution >= 0.6 is 0 Å². The Morgan fingerprint density at radius 1 is 1.37 bits per heavy atom. The van der Waals surface area contributed by atoms with Crippen LogP contribution in [-0.2, 0) is 0 Å². The molecule has 0 amide bonds. The molecule has 0 heterocycles. The lowest BCUT2D eigenvalue weighted by Crippen LogP contribution is -2.35. The van der Waals surface area contributed by atoms with Gasteiger partial charge >= 0.3 is 0 Å². The topological polar surface area (TPSA) is 15.3 Å². The molecule has 106 valence electrons. The number of halogens is 1. The van der Waals surface area contributed by atoms with Crippen LogP contribution in [0.15, 0.2) is 24.3 Å². The van der Waals surface area contributed by atoms with Crippen LogP contribution in [0.1, 0.15) is 44.7 Å². The molecule has 1 aliphatic carbocycles. The Kier molecular flexibility index (Phi) is 5.34. The van der Waals surface area contributed by atoms with Gasteiger partial charge in [0.2, 0.25) is 0 Å². The van der Waals surface area contributed by atoms with Crippen molar-refractivity contribution in [3.05, 3.63) is 35.6 Å². The lowest BCUT2D eigenvalue weighted by molar-refractivity contribution is 0.271. The highest BCUT2D eigenvalue weighted by Crippen LogP contribution is 2.26. The Morgan fingerprint density at radius 3 is 2.74 bits per heavy atom. The normalized spacial score (nSPS) is 16.8. The molecule has 1 aromatic carbocycles. The van der Waals surface area contributed by atoms with E-state index in [1.165, 1.54) is 18.9 Å². The van der Waals surface area contributed by atoms with Crippen molar-refractivity contribution in [2.45, 2.75) is 45.2 Å². The largest absolute Gasteiger partial charge is 0.309 e. The van der Waals surface area contributed by atoms with E-state index in [9.17, 15) is 4.39 Å². The predicted molar refractivity (Wildman–Crippen MR) is 77.7 cm³/mol. The maximum Gasteiger partial charge on any atom is 0.123 e. The monoisotopic (exact) mass is 264 g/mol. The van der Waals surface area contributed by atoms with Gasteiger partial charge in [0.1, 0.15) is 5.82 Å². The van der Waals surface area contributed by atoms with Gasteiger partial charge in [-0.05, 0) is 43.5 Å². The van der Waals surface area contributed by atoms with Crippen LogP contribution in [0.5, 0.6) is 0 Å². The molecular weight excluding hydrogens is 239 g/mol. The number of hydrogen-bond acceptors (Lipinski definition) is 2. The van der Waals surface area contributed by atoms with Crippen molar-refractivity contribution < 1.29 is 4.39 Å². The summed E-state index contributed by atoms with van der Waals surface area (Å²) in [6, 6.07) is 8.01. The average Bonchev–Trinajstić information content (AvgIpc) is 3.23. The molecule has 2 rings (SSSR count). The molecule has 1 saturated carbocycles. The van der Waals surface area contributed by atoms with Gasteiger partial charge in [0.05, 0.1) is 0 Å². The third kappa shape index (κ3) is 4.29. The molecule has 1 unspecified atom stereocenters. The van der Waals surface area contributed by atoms with E-state index < -0.39 is 0 Å². The third-order valence-electron chi connectivity index (χ3n) is 3.92. The molecule has 0 saturated heterocycles. The number of hydrogen-bond donors (Lipinski definition) is 1. The average molecular weight is 264 g/mol. The van der Waals surface area contributed by atoms with Crippen molar-refractivity contribution in [3.8, 4) is 0 Å². The molecule has 0 aliphatic heterocycles. The van der Waals surface area contributed by atoms with Gasteiger partial charge in [-0.25, -0.2) is 4.39 Å². The summed E-state index contributed by atoms with van der Waals surface area (Å²) >= 11 is 0. The van der Waals surface area contributed by atoms with Gasteiger partial charge in [-0.2, -0.15) is 0 Å². The highest BCUT2D eigenvalue weighted by Gasteiger charge is 2.27. The van der Waals surface area contributed by atoms with Crippen LogP contribution in [0.4, 0.5) is 4.39 Å². The number of likely N-dealkylation sites (N-methyl/N-ethyl adjacent to an activating group) is 1. The molecule has 1 aliphatic rings. The number of rotatable bonds is 8. The summed E-state index contributed by atoms with van der Waals surface area (Å²) in [6.07, 6.45) is 3.70. The summed E-state index contributed by atoms with van der Waals surface area (Å²) in [5, 5.41) is 3.55. The van der Waals surface area contributed by atoms with Crippen molar-refractivity contribution in [2.24, 2.45) is 0 Å². The van der Waals surface area contributed by atoms with Crippen LogP contribution in [0, 0.1) is 5.82 Å². The van der Waals surface area contributed by atoms with Crippen LogP contribution in [0.3, 0.4) is 0 Å². The van der Waals surface area contributed by atoms with Gasteiger partial charge in [0.15, 0.2) is 0 Å². The summed E-state index contributed by atoms with van der Waals surface area (Å²) in [6.45, 7) is 7.55. The molecule has 0 bridgehead atoms. The summed E-state index contributed by atoms with van der Waals surface area (Å²) in [5.74, 6) is -0.147. The second kappa shape index (κ2) is 7.01. The zero-order chi connectivity index (χ0) is 13.7. The highest BCUT2D eigenvalue weighted by atomic mass is 19.1. The highest BCUT2D eigenvalue weighted by molar-refractivity contribution is 5.20. The summed E-state index contributed by atoms with van der Waals surface area (Å²) in [5.41, 5.74) is 1.05. The zero-order valence-corrected chi connectivity index (χ0v) is 12.0. The first-order valence-corrected chi connectivity index (χ1v) is 7.47. The molecule has 0 spiro atoms. The molecule has 2 nitrogen and oxygen atoms in total. The fourth-order valence-electron chi connectivity index (χ4n) is 2.64. The second-order valence-corrected chi connectivity index (χ2v) is 5.33. The number of nitrogens with zero attached hydrogens (tertiary/aromatic N) is 1. The van der Waals surface area contributed by atoms with Crippen molar-refractivity contribution in [1.29, 1.82) is 0 Å². The number of benzene rings is 1. The summed E-state index contributed by atoms with van der Waals surface area (Å²) in [7, 11) is 0. The molecule has 0 radical (unpaired) electrons. The predicted octanol–water partition coefficient (Wildman–Crippen LogP) is 3.35.